The maximum absolute atomic E-state index is 6.67. The molecule has 0 atom stereocenters. The Morgan fingerprint density at radius 3 is 1.88 bits per heavy atom. The van der Waals surface area contributed by atoms with E-state index in [9.17, 15) is 0 Å². The van der Waals surface area contributed by atoms with Gasteiger partial charge in [0.25, 0.3) is 0 Å². The summed E-state index contributed by atoms with van der Waals surface area (Å²) in [6.45, 7) is 3.77. The second-order valence-corrected chi connectivity index (χ2v) is 11.8. The highest BCUT2D eigenvalue weighted by atomic mass is 16.3. The van der Waals surface area contributed by atoms with Gasteiger partial charge >= 0.3 is 0 Å². The summed E-state index contributed by atoms with van der Waals surface area (Å²) in [7, 11) is 0. The number of hydrogen-bond acceptors (Lipinski definition) is 6. The lowest BCUT2D eigenvalue weighted by atomic mass is 10.0. The molecule has 0 fully saturated rings. The van der Waals surface area contributed by atoms with Crippen LogP contribution in [0.1, 0.15) is 5.69 Å². The van der Waals surface area contributed by atoms with Gasteiger partial charge < -0.3 is 8.83 Å². The number of rotatable bonds is 7. The molecule has 0 spiro atoms. The minimum absolute atomic E-state index is 0.573. The fourth-order valence-corrected chi connectivity index (χ4v) is 6.43. The van der Waals surface area contributed by atoms with Crippen molar-refractivity contribution >= 4 is 50.1 Å². The Hall–Kier alpha value is -6.92. The molecular formula is C44H28N4O2. The van der Waals surface area contributed by atoms with E-state index in [1.807, 2.05) is 121 Å². The molecule has 0 bridgehead atoms. The molecule has 0 aliphatic heterocycles. The standard InChI is InChI=1S/C44H28N4O2/c1-2-3-4-11-24-34-42-40(30-20-12-13-25-37(30)49-42)48-43(45-34)32-22-15-26-38-39(32)31-21-14-23-33(41(31)50-38)44-46-35(28-16-7-5-8-17-28)27-36(47-44)29-18-9-6-10-19-29/h2-27H,1H2/b4-3-,24-11+. The van der Waals surface area contributed by atoms with E-state index in [2.05, 4.69) is 36.9 Å². The highest BCUT2D eigenvalue weighted by Crippen LogP contribution is 2.41. The Kier molecular flexibility index (Phi) is 7.17. The van der Waals surface area contributed by atoms with E-state index >= 15 is 0 Å². The van der Waals surface area contributed by atoms with Gasteiger partial charge in [0.2, 0.25) is 0 Å². The quantitative estimate of drug-likeness (QED) is 0.161. The van der Waals surface area contributed by atoms with Crippen molar-refractivity contribution < 1.29 is 8.83 Å². The zero-order valence-corrected chi connectivity index (χ0v) is 26.8. The van der Waals surface area contributed by atoms with Gasteiger partial charge in [-0.1, -0.05) is 128 Å². The van der Waals surface area contributed by atoms with Crippen molar-refractivity contribution in [1.29, 1.82) is 0 Å². The number of fused-ring (bicyclic) bond motifs is 6. The Morgan fingerprint density at radius 1 is 0.500 bits per heavy atom. The van der Waals surface area contributed by atoms with Crippen LogP contribution >= 0.6 is 0 Å². The van der Waals surface area contributed by atoms with E-state index in [1.165, 1.54) is 0 Å². The molecule has 9 aromatic rings. The predicted molar refractivity (Wildman–Crippen MR) is 202 cm³/mol. The van der Waals surface area contributed by atoms with Gasteiger partial charge in [0.1, 0.15) is 28.0 Å². The van der Waals surface area contributed by atoms with Crippen molar-refractivity contribution in [3.63, 3.8) is 0 Å². The van der Waals surface area contributed by atoms with Gasteiger partial charge in [-0.15, -0.1) is 0 Å². The Labute approximate surface area is 287 Å². The maximum Gasteiger partial charge on any atom is 0.179 e. The summed E-state index contributed by atoms with van der Waals surface area (Å²) in [4.78, 5) is 20.3. The Balaban J connectivity index is 1.27. The van der Waals surface area contributed by atoms with Crippen LogP contribution < -0.4 is 0 Å². The largest absolute Gasteiger partial charge is 0.455 e. The van der Waals surface area contributed by atoms with Gasteiger partial charge in [-0.25, -0.2) is 19.9 Å². The van der Waals surface area contributed by atoms with Crippen LogP contribution in [0, 0.1) is 0 Å². The van der Waals surface area contributed by atoms with Crippen LogP contribution in [0.2, 0.25) is 0 Å². The van der Waals surface area contributed by atoms with Crippen molar-refractivity contribution in [2.75, 3.05) is 0 Å². The number of para-hydroxylation sites is 2. The summed E-state index contributed by atoms with van der Waals surface area (Å²) in [5.41, 5.74) is 9.59. The molecule has 0 aliphatic rings. The molecular weight excluding hydrogens is 617 g/mol. The van der Waals surface area contributed by atoms with Crippen molar-refractivity contribution in [2.45, 2.75) is 0 Å². The van der Waals surface area contributed by atoms with Crippen molar-refractivity contribution in [2.24, 2.45) is 0 Å². The summed E-state index contributed by atoms with van der Waals surface area (Å²) >= 11 is 0. The predicted octanol–water partition coefficient (Wildman–Crippen LogP) is 11.5. The summed E-state index contributed by atoms with van der Waals surface area (Å²) in [6, 6.07) is 42.4. The average Bonchev–Trinajstić information content (AvgIpc) is 3.76. The van der Waals surface area contributed by atoms with Gasteiger partial charge in [0.15, 0.2) is 17.2 Å². The second-order valence-electron chi connectivity index (χ2n) is 11.8. The summed E-state index contributed by atoms with van der Waals surface area (Å²) < 4.78 is 12.9. The highest BCUT2D eigenvalue weighted by Gasteiger charge is 2.21. The van der Waals surface area contributed by atoms with E-state index in [0.717, 1.165) is 66.5 Å². The number of allylic oxidation sites excluding steroid dienone is 4. The molecule has 4 aromatic heterocycles. The zero-order valence-electron chi connectivity index (χ0n) is 26.8. The van der Waals surface area contributed by atoms with Gasteiger partial charge in [0, 0.05) is 32.8 Å². The van der Waals surface area contributed by atoms with Crippen LogP contribution in [0.3, 0.4) is 0 Å². The Bertz CT molecular complexity index is 2720. The molecule has 6 nitrogen and oxygen atoms in total. The molecule has 6 heteroatoms. The van der Waals surface area contributed by atoms with Crippen LogP contribution in [-0.2, 0) is 0 Å². The minimum Gasteiger partial charge on any atom is -0.455 e. The van der Waals surface area contributed by atoms with Gasteiger partial charge in [-0.2, -0.15) is 0 Å². The zero-order chi connectivity index (χ0) is 33.4. The first-order valence-corrected chi connectivity index (χ1v) is 16.3. The molecule has 0 amide bonds. The summed E-state index contributed by atoms with van der Waals surface area (Å²) in [5, 5.41) is 2.77. The van der Waals surface area contributed by atoms with Crippen LogP contribution in [-0.4, -0.2) is 19.9 Å². The van der Waals surface area contributed by atoms with Crippen LogP contribution in [0.25, 0.3) is 95.4 Å². The molecule has 9 rings (SSSR count). The first-order chi connectivity index (χ1) is 24.7. The smallest absolute Gasteiger partial charge is 0.179 e. The molecule has 236 valence electrons. The van der Waals surface area contributed by atoms with Crippen LogP contribution in [0.4, 0.5) is 0 Å². The molecule has 5 aromatic carbocycles. The molecule has 4 heterocycles. The van der Waals surface area contributed by atoms with E-state index in [0.29, 0.717) is 28.5 Å². The summed E-state index contributed by atoms with van der Waals surface area (Å²) in [5.74, 6) is 1.16. The average molecular weight is 645 g/mol. The monoisotopic (exact) mass is 644 g/mol. The third kappa shape index (κ3) is 5.07. The molecule has 0 unspecified atom stereocenters. The lowest BCUT2D eigenvalue weighted by Gasteiger charge is -2.09. The molecule has 0 radical (unpaired) electrons. The number of aromatic nitrogens is 4. The fraction of sp³-hybridized carbons (Fsp3) is 0. The molecule has 0 saturated carbocycles. The topological polar surface area (TPSA) is 77.8 Å². The van der Waals surface area contributed by atoms with Crippen molar-refractivity contribution in [1.82, 2.24) is 19.9 Å². The van der Waals surface area contributed by atoms with Gasteiger partial charge in [0.05, 0.1) is 17.0 Å². The second kappa shape index (κ2) is 12.3. The normalized spacial score (nSPS) is 11.9. The van der Waals surface area contributed by atoms with Gasteiger partial charge in [-0.05, 0) is 36.4 Å². The maximum atomic E-state index is 6.67. The van der Waals surface area contributed by atoms with E-state index in [4.69, 9.17) is 28.8 Å². The van der Waals surface area contributed by atoms with Crippen molar-refractivity contribution in [3.05, 3.63) is 164 Å². The van der Waals surface area contributed by atoms with Crippen molar-refractivity contribution in [3.8, 4) is 45.3 Å². The van der Waals surface area contributed by atoms with E-state index in [-0.39, 0.29) is 0 Å². The third-order valence-corrected chi connectivity index (χ3v) is 8.73. The Morgan fingerprint density at radius 2 is 1.12 bits per heavy atom. The number of benzene rings is 5. The third-order valence-electron chi connectivity index (χ3n) is 8.73. The lowest BCUT2D eigenvalue weighted by Crippen LogP contribution is -1.96. The highest BCUT2D eigenvalue weighted by molar-refractivity contribution is 6.15. The fourth-order valence-electron chi connectivity index (χ4n) is 6.43. The molecule has 50 heavy (non-hydrogen) atoms. The summed E-state index contributed by atoms with van der Waals surface area (Å²) in [6.07, 6.45) is 9.37. The van der Waals surface area contributed by atoms with Gasteiger partial charge in [-0.3, -0.25) is 0 Å². The van der Waals surface area contributed by atoms with E-state index in [1.54, 1.807) is 6.08 Å². The van der Waals surface area contributed by atoms with Crippen LogP contribution in [0.5, 0.6) is 0 Å². The first-order valence-electron chi connectivity index (χ1n) is 16.3. The molecule has 0 saturated heterocycles. The lowest BCUT2D eigenvalue weighted by molar-refractivity contribution is 0.664. The minimum atomic E-state index is 0.573. The number of hydrogen-bond donors (Lipinski definition) is 0. The molecule has 0 N–H and O–H groups in total. The number of furan rings is 2. The first kappa shape index (κ1) is 29.2. The van der Waals surface area contributed by atoms with Crippen LogP contribution in [0.15, 0.2) is 167 Å². The SMILES string of the molecule is C=C/C=C\C=C\c1nc(-c2cccc3oc4c(-c5nc(-c6ccccc6)cc(-c6ccccc6)n5)cccc4c23)nc2c1oc1ccccc12. The van der Waals surface area contributed by atoms with E-state index < -0.39 is 0 Å². The molecule has 0 aliphatic carbocycles. The number of nitrogens with zero attached hydrogens (tertiary/aromatic N) is 4.